The highest BCUT2D eigenvalue weighted by Crippen LogP contribution is 2.22. The van der Waals surface area contributed by atoms with Crippen LogP contribution in [0.5, 0.6) is 0 Å². The maximum Gasteiger partial charge on any atom is 0.401 e. The van der Waals surface area contributed by atoms with Crippen LogP contribution in [-0.4, -0.2) is 55.5 Å². The van der Waals surface area contributed by atoms with Crippen molar-refractivity contribution in [2.75, 3.05) is 26.2 Å². The average Bonchev–Trinajstić information content (AvgIpc) is 2.25. The molecule has 0 aromatic rings. The molecule has 2 unspecified atom stereocenters. The summed E-state index contributed by atoms with van der Waals surface area (Å²) in [6, 6.07) is -0.401. The molecule has 1 fully saturated rings. The lowest BCUT2D eigenvalue weighted by atomic mass is 10.1. The molecule has 0 radical (unpaired) electrons. The van der Waals surface area contributed by atoms with E-state index in [0.717, 1.165) is 6.54 Å². The van der Waals surface area contributed by atoms with E-state index in [1.807, 2.05) is 0 Å². The van der Waals surface area contributed by atoms with E-state index in [9.17, 15) is 13.2 Å². The summed E-state index contributed by atoms with van der Waals surface area (Å²) in [5.41, 5.74) is 0. The monoisotopic (exact) mass is 254 g/mol. The topological polar surface area (TPSA) is 24.5 Å². The van der Waals surface area contributed by atoms with Crippen molar-refractivity contribution in [3.8, 4) is 0 Å². The van der Waals surface area contributed by atoms with E-state index >= 15 is 0 Å². The van der Waals surface area contributed by atoms with Gasteiger partial charge in [0, 0.05) is 25.2 Å². The summed E-state index contributed by atoms with van der Waals surface area (Å²) >= 11 is 0. The third-order valence-corrected chi connectivity index (χ3v) is 3.04. The number of alkyl halides is 3. The van der Waals surface area contributed by atoms with E-state index < -0.39 is 12.7 Å². The first kappa shape index (κ1) is 14.7. The first-order valence-electron chi connectivity index (χ1n) is 5.96. The van der Waals surface area contributed by atoms with E-state index in [0.29, 0.717) is 13.2 Å². The van der Waals surface area contributed by atoms with Gasteiger partial charge in [-0.25, -0.2) is 0 Å². The number of nitrogens with one attached hydrogen (secondary N) is 1. The Bertz CT molecular complexity index is 227. The SMILES string of the molecule is CC(C)N(CC(F)(F)F)C(C)C1CNCCO1. The third kappa shape index (κ3) is 4.81. The fourth-order valence-corrected chi connectivity index (χ4v) is 2.11. The van der Waals surface area contributed by atoms with E-state index in [1.54, 1.807) is 20.8 Å². The number of ether oxygens (including phenoxy) is 1. The molecule has 1 rings (SSSR count). The van der Waals surface area contributed by atoms with E-state index in [-0.39, 0.29) is 18.2 Å². The Morgan fingerprint density at radius 1 is 1.35 bits per heavy atom. The molecule has 0 spiro atoms. The van der Waals surface area contributed by atoms with Crippen molar-refractivity contribution >= 4 is 0 Å². The van der Waals surface area contributed by atoms with Crippen LogP contribution < -0.4 is 5.32 Å². The maximum atomic E-state index is 12.5. The molecule has 1 N–H and O–H groups in total. The van der Waals surface area contributed by atoms with Gasteiger partial charge in [-0.05, 0) is 20.8 Å². The summed E-state index contributed by atoms with van der Waals surface area (Å²) in [5.74, 6) is 0. The Morgan fingerprint density at radius 2 is 2.00 bits per heavy atom. The summed E-state index contributed by atoms with van der Waals surface area (Å²) < 4.78 is 43.0. The normalized spacial score (nSPS) is 24.4. The molecule has 2 atom stereocenters. The summed E-state index contributed by atoms with van der Waals surface area (Å²) in [6.45, 7) is 6.41. The number of rotatable bonds is 4. The van der Waals surface area contributed by atoms with Crippen LogP contribution in [0.3, 0.4) is 0 Å². The Morgan fingerprint density at radius 3 is 2.41 bits per heavy atom. The molecule has 102 valence electrons. The van der Waals surface area contributed by atoms with E-state index in [4.69, 9.17) is 4.74 Å². The summed E-state index contributed by atoms with van der Waals surface area (Å²) in [5, 5.41) is 3.14. The summed E-state index contributed by atoms with van der Waals surface area (Å²) in [6.07, 6.45) is -4.34. The second-order valence-corrected chi connectivity index (χ2v) is 4.74. The van der Waals surface area contributed by atoms with Gasteiger partial charge in [-0.3, -0.25) is 4.90 Å². The second kappa shape index (κ2) is 6.02. The predicted octanol–water partition coefficient (Wildman–Crippen LogP) is 1.64. The fourth-order valence-electron chi connectivity index (χ4n) is 2.11. The number of hydrogen-bond donors (Lipinski definition) is 1. The third-order valence-electron chi connectivity index (χ3n) is 3.04. The van der Waals surface area contributed by atoms with Crippen molar-refractivity contribution in [3.63, 3.8) is 0 Å². The predicted molar refractivity (Wildman–Crippen MR) is 60.0 cm³/mol. The van der Waals surface area contributed by atoms with Crippen LogP contribution in [0.4, 0.5) is 13.2 Å². The minimum Gasteiger partial charge on any atom is -0.374 e. The van der Waals surface area contributed by atoms with E-state index in [1.165, 1.54) is 4.90 Å². The summed E-state index contributed by atoms with van der Waals surface area (Å²) in [4.78, 5) is 1.44. The van der Waals surface area contributed by atoms with Crippen LogP contribution in [0.15, 0.2) is 0 Å². The highest BCUT2D eigenvalue weighted by Gasteiger charge is 2.36. The van der Waals surface area contributed by atoms with Gasteiger partial charge in [-0.15, -0.1) is 0 Å². The van der Waals surface area contributed by atoms with Gasteiger partial charge in [0.15, 0.2) is 0 Å². The average molecular weight is 254 g/mol. The largest absolute Gasteiger partial charge is 0.401 e. The maximum absolute atomic E-state index is 12.5. The lowest BCUT2D eigenvalue weighted by molar-refractivity contribution is -0.162. The van der Waals surface area contributed by atoms with Crippen LogP contribution in [0.1, 0.15) is 20.8 Å². The first-order chi connectivity index (χ1) is 7.81. The van der Waals surface area contributed by atoms with Gasteiger partial charge in [0.25, 0.3) is 0 Å². The molecule has 0 aromatic carbocycles. The smallest absolute Gasteiger partial charge is 0.374 e. The summed E-state index contributed by atoms with van der Waals surface area (Å²) in [7, 11) is 0. The quantitative estimate of drug-likeness (QED) is 0.825. The standard InChI is InChI=1S/C11H21F3N2O/c1-8(2)16(7-11(12,13)14)9(3)10-6-15-4-5-17-10/h8-10,15H,4-7H2,1-3H3. The molecular formula is C11H21F3N2O. The molecule has 1 aliphatic heterocycles. The van der Waals surface area contributed by atoms with Crippen molar-refractivity contribution < 1.29 is 17.9 Å². The zero-order valence-corrected chi connectivity index (χ0v) is 10.5. The first-order valence-corrected chi connectivity index (χ1v) is 5.96. The second-order valence-electron chi connectivity index (χ2n) is 4.74. The van der Waals surface area contributed by atoms with Gasteiger partial charge in [0.05, 0.1) is 19.3 Å². The van der Waals surface area contributed by atoms with Gasteiger partial charge in [-0.1, -0.05) is 0 Å². The highest BCUT2D eigenvalue weighted by molar-refractivity contribution is 4.83. The van der Waals surface area contributed by atoms with Gasteiger partial charge in [0.1, 0.15) is 0 Å². The number of nitrogens with zero attached hydrogens (tertiary/aromatic N) is 1. The van der Waals surface area contributed by atoms with Crippen molar-refractivity contribution in [2.24, 2.45) is 0 Å². The Balaban J connectivity index is 2.62. The Hall–Kier alpha value is -0.330. The zero-order chi connectivity index (χ0) is 13.1. The van der Waals surface area contributed by atoms with Crippen molar-refractivity contribution in [3.05, 3.63) is 0 Å². The van der Waals surface area contributed by atoms with Crippen molar-refractivity contribution in [1.82, 2.24) is 10.2 Å². The van der Waals surface area contributed by atoms with Gasteiger partial charge in [0.2, 0.25) is 0 Å². The van der Waals surface area contributed by atoms with Gasteiger partial charge in [-0.2, -0.15) is 13.2 Å². The Labute approximate surface area is 100 Å². The molecule has 0 bridgehead atoms. The van der Waals surface area contributed by atoms with Crippen LogP contribution >= 0.6 is 0 Å². The molecule has 0 amide bonds. The Kier molecular flexibility index (Phi) is 5.22. The molecule has 6 heteroatoms. The van der Waals surface area contributed by atoms with Crippen LogP contribution in [0.2, 0.25) is 0 Å². The van der Waals surface area contributed by atoms with Gasteiger partial charge < -0.3 is 10.1 Å². The number of morpholine rings is 1. The fraction of sp³-hybridized carbons (Fsp3) is 1.00. The van der Waals surface area contributed by atoms with Crippen molar-refractivity contribution in [1.29, 1.82) is 0 Å². The molecule has 1 saturated heterocycles. The van der Waals surface area contributed by atoms with Crippen LogP contribution in [0.25, 0.3) is 0 Å². The molecule has 0 aliphatic carbocycles. The lowest BCUT2D eigenvalue weighted by Gasteiger charge is -2.39. The minimum atomic E-state index is -4.17. The molecule has 0 aromatic heterocycles. The van der Waals surface area contributed by atoms with Crippen LogP contribution in [0, 0.1) is 0 Å². The minimum absolute atomic E-state index is 0.155. The molecular weight excluding hydrogens is 233 g/mol. The van der Waals surface area contributed by atoms with Gasteiger partial charge >= 0.3 is 6.18 Å². The highest BCUT2D eigenvalue weighted by atomic mass is 19.4. The van der Waals surface area contributed by atoms with Crippen molar-refractivity contribution in [2.45, 2.75) is 45.1 Å². The molecule has 1 heterocycles. The molecule has 0 saturated carbocycles. The number of halogens is 3. The number of hydrogen-bond acceptors (Lipinski definition) is 3. The van der Waals surface area contributed by atoms with Crippen LogP contribution in [-0.2, 0) is 4.74 Å². The molecule has 1 aliphatic rings. The zero-order valence-electron chi connectivity index (χ0n) is 10.5. The molecule has 17 heavy (non-hydrogen) atoms. The lowest BCUT2D eigenvalue weighted by Crippen LogP contribution is -2.54. The molecule has 3 nitrogen and oxygen atoms in total. The van der Waals surface area contributed by atoms with E-state index in [2.05, 4.69) is 5.32 Å².